The fraction of sp³-hybridized carbons (Fsp3) is 0.583. The SMILES string of the molecule is COC(=O)c1nc(Cl)nc(N2[C@@H](CO)COC[C@H]2C)c1Cl. The Balaban J connectivity index is 2.51. The van der Waals surface area contributed by atoms with Crippen LogP contribution in [0.25, 0.3) is 0 Å². The highest BCUT2D eigenvalue weighted by Gasteiger charge is 2.33. The molecule has 7 nitrogen and oxygen atoms in total. The molecule has 0 saturated carbocycles. The highest BCUT2D eigenvalue weighted by molar-refractivity contribution is 6.36. The predicted octanol–water partition coefficient (Wildman–Crippen LogP) is 1.16. The van der Waals surface area contributed by atoms with Gasteiger partial charge in [-0.3, -0.25) is 0 Å². The molecule has 116 valence electrons. The summed E-state index contributed by atoms with van der Waals surface area (Å²) in [6, 6.07) is -0.424. The number of hydrogen-bond acceptors (Lipinski definition) is 7. The van der Waals surface area contributed by atoms with Crippen LogP contribution in [0.4, 0.5) is 5.82 Å². The molecular formula is C12H15Cl2N3O4. The number of ether oxygens (including phenoxy) is 2. The number of aliphatic hydroxyl groups excluding tert-OH is 1. The molecule has 0 radical (unpaired) electrons. The van der Waals surface area contributed by atoms with Crippen molar-refractivity contribution >= 4 is 35.0 Å². The van der Waals surface area contributed by atoms with Gasteiger partial charge in [0.1, 0.15) is 5.02 Å². The van der Waals surface area contributed by atoms with Crippen molar-refractivity contribution in [3.8, 4) is 0 Å². The van der Waals surface area contributed by atoms with Crippen LogP contribution in [0.15, 0.2) is 0 Å². The Kier molecular flexibility index (Phi) is 5.21. The number of esters is 1. The van der Waals surface area contributed by atoms with Crippen LogP contribution in [0.3, 0.4) is 0 Å². The van der Waals surface area contributed by atoms with Gasteiger partial charge in [-0.15, -0.1) is 0 Å². The fourth-order valence-electron chi connectivity index (χ4n) is 2.23. The van der Waals surface area contributed by atoms with Crippen molar-refractivity contribution in [2.75, 3.05) is 31.8 Å². The summed E-state index contributed by atoms with van der Waals surface area (Å²) >= 11 is 12.1. The molecule has 1 N–H and O–H groups in total. The van der Waals surface area contributed by atoms with E-state index in [1.807, 2.05) is 6.92 Å². The number of anilines is 1. The summed E-state index contributed by atoms with van der Waals surface area (Å²) in [5, 5.41) is 9.41. The van der Waals surface area contributed by atoms with E-state index >= 15 is 0 Å². The molecule has 1 aliphatic rings. The van der Waals surface area contributed by atoms with Crippen LogP contribution >= 0.6 is 23.2 Å². The molecule has 1 saturated heterocycles. The van der Waals surface area contributed by atoms with Gasteiger partial charge in [-0.25, -0.2) is 9.78 Å². The molecule has 0 aromatic carbocycles. The molecule has 0 unspecified atom stereocenters. The topological polar surface area (TPSA) is 84.8 Å². The van der Waals surface area contributed by atoms with Crippen LogP contribution in [-0.4, -0.2) is 60.1 Å². The highest BCUT2D eigenvalue weighted by atomic mass is 35.5. The smallest absolute Gasteiger partial charge is 0.358 e. The van der Waals surface area contributed by atoms with Crippen molar-refractivity contribution in [1.82, 2.24) is 9.97 Å². The van der Waals surface area contributed by atoms with Crippen molar-refractivity contribution in [2.45, 2.75) is 19.0 Å². The minimum atomic E-state index is -0.702. The molecule has 0 spiro atoms. The molecule has 0 bridgehead atoms. The number of morpholine rings is 1. The van der Waals surface area contributed by atoms with E-state index in [0.29, 0.717) is 13.2 Å². The largest absolute Gasteiger partial charge is 0.464 e. The van der Waals surface area contributed by atoms with Gasteiger partial charge in [-0.2, -0.15) is 4.98 Å². The Morgan fingerprint density at radius 1 is 1.48 bits per heavy atom. The van der Waals surface area contributed by atoms with Gasteiger partial charge in [0.25, 0.3) is 0 Å². The molecule has 9 heteroatoms. The molecule has 2 atom stereocenters. The van der Waals surface area contributed by atoms with Gasteiger partial charge in [0.05, 0.1) is 39.0 Å². The Hall–Kier alpha value is -1.15. The zero-order chi connectivity index (χ0) is 15.6. The standard InChI is InChI=1S/C12H15Cl2N3O4/c1-6-4-21-5-7(3-18)17(6)10-8(13)9(11(19)20-2)15-12(14)16-10/h6-7,18H,3-5H2,1-2H3/t6-,7+/m1/s1. The number of halogens is 2. The number of carbonyl (C=O) groups is 1. The van der Waals surface area contributed by atoms with E-state index in [-0.39, 0.29) is 40.5 Å². The second-order valence-corrected chi connectivity index (χ2v) is 5.32. The molecule has 21 heavy (non-hydrogen) atoms. The van der Waals surface area contributed by atoms with Gasteiger partial charge in [-0.1, -0.05) is 11.6 Å². The third kappa shape index (κ3) is 3.21. The van der Waals surface area contributed by atoms with E-state index in [4.69, 9.17) is 27.9 Å². The highest BCUT2D eigenvalue weighted by Crippen LogP contribution is 2.32. The number of carbonyl (C=O) groups excluding carboxylic acids is 1. The summed E-state index contributed by atoms with van der Waals surface area (Å²) in [5.74, 6) is -0.418. The minimum absolute atomic E-state index is 0.0402. The van der Waals surface area contributed by atoms with E-state index in [1.54, 1.807) is 4.90 Å². The first-order valence-corrected chi connectivity index (χ1v) is 7.03. The van der Waals surface area contributed by atoms with E-state index < -0.39 is 5.97 Å². The minimum Gasteiger partial charge on any atom is -0.464 e. The maximum Gasteiger partial charge on any atom is 0.358 e. The van der Waals surface area contributed by atoms with Gasteiger partial charge in [0, 0.05) is 0 Å². The zero-order valence-electron chi connectivity index (χ0n) is 11.5. The molecule has 1 aliphatic heterocycles. The number of hydrogen-bond donors (Lipinski definition) is 1. The van der Waals surface area contributed by atoms with Crippen LogP contribution in [0, 0.1) is 0 Å². The zero-order valence-corrected chi connectivity index (χ0v) is 13.1. The van der Waals surface area contributed by atoms with Crippen LogP contribution in [-0.2, 0) is 9.47 Å². The first-order valence-electron chi connectivity index (χ1n) is 6.27. The lowest BCUT2D eigenvalue weighted by Crippen LogP contribution is -2.53. The average molecular weight is 336 g/mol. The fourth-order valence-corrected chi connectivity index (χ4v) is 2.65. The van der Waals surface area contributed by atoms with Crippen molar-refractivity contribution < 1.29 is 19.4 Å². The summed E-state index contributed by atoms with van der Waals surface area (Å²) in [6.07, 6.45) is 0. The summed E-state index contributed by atoms with van der Waals surface area (Å²) in [4.78, 5) is 21.4. The molecule has 1 aromatic heterocycles. The molecule has 0 aliphatic carbocycles. The first-order chi connectivity index (χ1) is 9.99. The molecule has 1 aromatic rings. The van der Waals surface area contributed by atoms with Crippen molar-refractivity contribution in [3.63, 3.8) is 0 Å². The summed E-state index contributed by atoms with van der Waals surface area (Å²) in [6.45, 7) is 2.52. The van der Waals surface area contributed by atoms with Crippen LogP contribution in [0.1, 0.15) is 17.4 Å². The van der Waals surface area contributed by atoms with Crippen molar-refractivity contribution in [1.29, 1.82) is 0 Å². The van der Waals surface area contributed by atoms with E-state index in [2.05, 4.69) is 14.7 Å². The maximum atomic E-state index is 11.7. The second kappa shape index (κ2) is 6.74. The monoisotopic (exact) mass is 335 g/mol. The second-order valence-electron chi connectivity index (χ2n) is 4.60. The Bertz CT molecular complexity index is 543. The Morgan fingerprint density at radius 2 is 2.19 bits per heavy atom. The Labute approximate surface area is 131 Å². The molecule has 2 heterocycles. The van der Waals surface area contributed by atoms with Crippen LogP contribution in [0.5, 0.6) is 0 Å². The lowest BCUT2D eigenvalue weighted by atomic mass is 10.1. The summed E-state index contributed by atoms with van der Waals surface area (Å²) < 4.78 is 10.0. The number of nitrogens with zero attached hydrogens (tertiary/aromatic N) is 3. The summed E-state index contributed by atoms with van der Waals surface area (Å²) in [5.41, 5.74) is -0.107. The summed E-state index contributed by atoms with van der Waals surface area (Å²) in [7, 11) is 1.22. The third-order valence-electron chi connectivity index (χ3n) is 3.18. The number of aromatic nitrogens is 2. The quantitative estimate of drug-likeness (QED) is 0.655. The molecule has 1 fully saturated rings. The predicted molar refractivity (Wildman–Crippen MR) is 77.0 cm³/mol. The van der Waals surface area contributed by atoms with Gasteiger partial charge in [0.15, 0.2) is 11.5 Å². The van der Waals surface area contributed by atoms with Gasteiger partial charge in [-0.05, 0) is 18.5 Å². The number of aliphatic hydroxyl groups is 1. The van der Waals surface area contributed by atoms with Crippen molar-refractivity contribution in [2.24, 2.45) is 0 Å². The van der Waals surface area contributed by atoms with E-state index in [1.165, 1.54) is 7.11 Å². The number of methoxy groups -OCH3 is 1. The van der Waals surface area contributed by atoms with Gasteiger partial charge in [0.2, 0.25) is 5.28 Å². The maximum absolute atomic E-state index is 11.7. The van der Waals surface area contributed by atoms with Gasteiger partial charge < -0.3 is 19.5 Å². The molecular weight excluding hydrogens is 321 g/mol. The van der Waals surface area contributed by atoms with E-state index in [0.717, 1.165) is 0 Å². The Morgan fingerprint density at radius 3 is 2.81 bits per heavy atom. The lowest BCUT2D eigenvalue weighted by molar-refractivity contribution is 0.0516. The number of rotatable bonds is 3. The van der Waals surface area contributed by atoms with Crippen LogP contribution in [0.2, 0.25) is 10.3 Å². The average Bonchev–Trinajstić information content (AvgIpc) is 2.48. The third-order valence-corrected chi connectivity index (χ3v) is 3.70. The van der Waals surface area contributed by atoms with E-state index in [9.17, 15) is 9.90 Å². The van der Waals surface area contributed by atoms with Gasteiger partial charge >= 0.3 is 5.97 Å². The normalized spacial score (nSPS) is 22.2. The van der Waals surface area contributed by atoms with Crippen molar-refractivity contribution in [3.05, 3.63) is 16.0 Å². The first kappa shape index (κ1) is 16.2. The lowest BCUT2D eigenvalue weighted by Gasteiger charge is -2.40. The molecule has 0 amide bonds. The molecule has 2 rings (SSSR count). The van der Waals surface area contributed by atoms with Crippen LogP contribution < -0.4 is 4.90 Å².